The van der Waals surface area contributed by atoms with Gasteiger partial charge in [0.15, 0.2) is 0 Å². The van der Waals surface area contributed by atoms with Crippen molar-refractivity contribution >= 4 is 15.7 Å². The molecule has 0 saturated carbocycles. The number of hydrogen-bond donors (Lipinski definition) is 1. The predicted octanol–water partition coefficient (Wildman–Crippen LogP) is 2.70. The van der Waals surface area contributed by atoms with E-state index in [1.165, 1.54) is 11.0 Å². The van der Waals surface area contributed by atoms with Gasteiger partial charge in [0.1, 0.15) is 6.33 Å². The van der Waals surface area contributed by atoms with Crippen LogP contribution in [0.5, 0.6) is 0 Å². The van der Waals surface area contributed by atoms with E-state index in [9.17, 15) is 8.42 Å². The van der Waals surface area contributed by atoms with Crippen LogP contribution in [0.3, 0.4) is 0 Å². The Bertz CT molecular complexity index is 1000. The van der Waals surface area contributed by atoms with Crippen molar-refractivity contribution in [2.45, 2.75) is 32.6 Å². The molecule has 130 valence electrons. The number of tetrazole rings is 1. The van der Waals surface area contributed by atoms with Gasteiger partial charge in [-0.3, -0.25) is 4.72 Å². The van der Waals surface area contributed by atoms with E-state index in [-0.39, 0.29) is 0 Å². The third kappa shape index (κ3) is 3.12. The Morgan fingerprint density at radius 3 is 2.24 bits per heavy atom. The van der Waals surface area contributed by atoms with Gasteiger partial charge in [-0.15, -0.1) is 5.10 Å². The molecule has 0 atom stereocenters. The maximum atomic E-state index is 13.1. The molecular formula is C17H19N5O2S. The van der Waals surface area contributed by atoms with Crippen LogP contribution in [0.4, 0.5) is 5.69 Å². The fourth-order valence-corrected chi connectivity index (χ4v) is 4.50. The quantitative estimate of drug-likeness (QED) is 0.775. The van der Waals surface area contributed by atoms with Gasteiger partial charge in [-0.2, -0.15) is 4.68 Å². The number of aryl methyl sites for hydroxylation is 2. The summed E-state index contributed by atoms with van der Waals surface area (Å²) in [5, 5.41) is 11.0. The van der Waals surface area contributed by atoms with E-state index in [1.807, 2.05) is 33.8 Å². The first kappa shape index (κ1) is 17.1. The van der Waals surface area contributed by atoms with Gasteiger partial charge >= 0.3 is 0 Å². The Kier molecular flexibility index (Phi) is 4.30. The Balaban J connectivity index is 2.11. The molecule has 0 unspecified atom stereocenters. The number of anilines is 1. The fraction of sp³-hybridized carbons (Fsp3) is 0.235. The number of sulfonamides is 1. The van der Waals surface area contributed by atoms with Crippen molar-refractivity contribution < 1.29 is 8.42 Å². The first-order chi connectivity index (χ1) is 11.8. The van der Waals surface area contributed by atoms with Gasteiger partial charge in [0, 0.05) is 0 Å². The molecule has 0 aliphatic carbocycles. The second-order valence-electron chi connectivity index (χ2n) is 5.97. The third-order valence-electron chi connectivity index (χ3n) is 4.31. The summed E-state index contributed by atoms with van der Waals surface area (Å²) in [5.41, 5.74) is 4.34. The lowest BCUT2D eigenvalue weighted by Crippen LogP contribution is -2.18. The standard InChI is InChI=1S/C17H19N5O2S/c1-11-9-12(2)14(4)17(13(11)3)25(23,24)19-15-7-5-6-8-16(15)22-10-18-20-21-22/h5-10,19H,1-4H3. The van der Waals surface area contributed by atoms with Crippen LogP contribution in [0.2, 0.25) is 0 Å². The maximum absolute atomic E-state index is 13.1. The summed E-state index contributed by atoms with van der Waals surface area (Å²) in [5.74, 6) is 0. The van der Waals surface area contributed by atoms with Crippen molar-refractivity contribution in [2.75, 3.05) is 4.72 Å². The number of aromatic nitrogens is 4. The zero-order valence-corrected chi connectivity index (χ0v) is 15.3. The lowest BCUT2D eigenvalue weighted by atomic mass is 10.0. The topological polar surface area (TPSA) is 89.8 Å². The molecule has 0 bridgehead atoms. The lowest BCUT2D eigenvalue weighted by molar-refractivity contribution is 0.599. The van der Waals surface area contributed by atoms with Gasteiger partial charge in [-0.1, -0.05) is 18.2 Å². The zero-order valence-electron chi connectivity index (χ0n) is 14.5. The summed E-state index contributed by atoms with van der Waals surface area (Å²) in [6.07, 6.45) is 1.42. The second kappa shape index (κ2) is 6.29. The van der Waals surface area contributed by atoms with E-state index in [4.69, 9.17) is 0 Å². The first-order valence-electron chi connectivity index (χ1n) is 7.74. The summed E-state index contributed by atoms with van der Waals surface area (Å²) in [7, 11) is -3.77. The van der Waals surface area contributed by atoms with E-state index in [1.54, 1.807) is 24.3 Å². The van der Waals surface area contributed by atoms with Gasteiger partial charge in [-0.05, 0) is 72.5 Å². The Hall–Kier alpha value is -2.74. The number of hydrogen-bond acceptors (Lipinski definition) is 5. The molecule has 1 N–H and O–H groups in total. The molecule has 0 saturated heterocycles. The minimum Gasteiger partial charge on any atom is -0.277 e. The van der Waals surface area contributed by atoms with Crippen molar-refractivity contribution in [3.8, 4) is 5.69 Å². The van der Waals surface area contributed by atoms with Crippen LogP contribution in [-0.2, 0) is 10.0 Å². The van der Waals surface area contributed by atoms with Gasteiger partial charge in [-0.25, -0.2) is 8.42 Å². The van der Waals surface area contributed by atoms with Crippen molar-refractivity contribution in [3.63, 3.8) is 0 Å². The molecule has 25 heavy (non-hydrogen) atoms. The van der Waals surface area contributed by atoms with E-state index in [2.05, 4.69) is 20.2 Å². The molecule has 3 aromatic rings. The number of benzene rings is 2. The number of para-hydroxylation sites is 2. The average Bonchev–Trinajstić information content (AvgIpc) is 3.07. The number of nitrogens with zero attached hydrogens (tertiary/aromatic N) is 4. The average molecular weight is 357 g/mol. The lowest BCUT2D eigenvalue weighted by Gasteiger charge is -2.18. The molecule has 0 aliphatic rings. The Labute approximate surface area is 146 Å². The minimum absolute atomic E-state index is 0.316. The molecular weight excluding hydrogens is 338 g/mol. The van der Waals surface area contributed by atoms with Crippen molar-refractivity contribution in [2.24, 2.45) is 0 Å². The van der Waals surface area contributed by atoms with Gasteiger partial charge in [0.05, 0.1) is 16.3 Å². The highest BCUT2D eigenvalue weighted by Crippen LogP contribution is 2.29. The van der Waals surface area contributed by atoms with Crippen LogP contribution < -0.4 is 4.72 Å². The molecule has 1 heterocycles. The zero-order chi connectivity index (χ0) is 18.2. The molecule has 0 radical (unpaired) electrons. The smallest absolute Gasteiger partial charge is 0.262 e. The molecule has 0 fully saturated rings. The van der Waals surface area contributed by atoms with Crippen molar-refractivity contribution in [1.29, 1.82) is 0 Å². The van der Waals surface area contributed by atoms with Crippen LogP contribution >= 0.6 is 0 Å². The molecule has 7 nitrogen and oxygen atoms in total. The van der Waals surface area contributed by atoms with Crippen LogP contribution in [0, 0.1) is 27.7 Å². The van der Waals surface area contributed by atoms with E-state index >= 15 is 0 Å². The van der Waals surface area contributed by atoms with Crippen LogP contribution in [0.25, 0.3) is 5.69 Å². The molecule has 0 amide bonds. The number of rotatable bonds is 4. The highest BCUT2D eigenvalue weighted by Gasteiger charge is 2.23. The summed E-state index contributed by atoms with van der Waals surface area (Å²) < 4.78 is 30.3. The largest absolute Gasteiger partial charge is 0.277 e. The third-order valence-corrected chi connectivity index (χ3v) is 5.95. The second-order valence-corrected chi connectivity index (χ2v) is 7.59. The maximum Gasteiger partial charge on any atom is 0.262 e. The van der Waals surface area contributed by atoms with Crippen molar-refractivity contribution in [1.82, 2.24) is 20.2 Å². The molecule has 1 aromatic heterocycles. The van der Waals surface area contributed by atoms with E-state index in [0.29, 0.717) is 16.3 Å². The van der Waals surface area contributed by atoms with Crippen LogP contribution in [-0.4, -0.2) is 28.6 Å². The van der Waals surface area contributed by atoms with Gasteiger partial charge < -0.3 is 0 Å². The van der Waals surface area contributed by atoms with Gasteiger partial charge in [0.2, 0.25) is 0 Å². The summed E-state index contributed by atoms with van der Waals surface area (Å²) in [6, 6.07) is 8.98. The summed E-state index contributed by atoms with van der Waals surface area (Å²) in [6.45, 7) is 7.47. The monoisotopic (exact) mass is 357 g/mol. The normalized spacial score (nSPS) is 11.5. The highest BCUT2D eigenvalue weighted by atomic mass is 32.2. The van der Waals surface area contributed by atoms with E-state index < -0.39 is 10.0 Å². The predicted molar refractivity (Wildman–Crippen MR) is 95.4 cm³/mol. The summed E-state index contributed by atoms with van der Waals surface area (Å²) in [4.78, 5) is 0.316. The molecule has 8 heteroatoms. The first-order valence-corrected chi connectivity index (χ1v) is 9.22. The molecule has 3 rings (SSSR count). The molecule has 2 aromatic carbocycles. The van der Waals surface area contributed by atoms with E-state index in [0.717, 1.165) is 22.3 Å². The number of nitrogens with one attached hydrogen (secondary N) is 1. The van der Waals surface area contributed by atoms with Gasteiger partial charge in [0.25, 0.3) is 10.0 Å². The molecule has 0 aliphatic heterocycles. The highest BCUT2D eigenvalue weighted by molar-refractivity contribution is 7.92. The molecule has 0 spiro atoms. The summed E-state index contributed by atoms with van der Waals surface area (Å²) >= 11 is 0. The SMILES string of the molecule is Cc1cc(C)c(C)c(S(=O)(=O)Nc2ccccc2-n2cnnn2)c1C. The van der Waals surface area contributed by atoms with Crippen LogP contribution in [0.15, 0.2) is 41.6 Å². The van der Waals surface area contributed by atoms with Crippen LogP contribution in [0.1, 0.15) is 22.3 Å². The Morgan fingerprint density at radius 2 is 1.64 bits per heavy atom. The minimum atomic E-state index is -3.77. The van der Waals surface area contributed by atoms with Crippen molar-refractivity contribution in [3.05, 3.63) is 58.9 Å². The Morgan fingerprint density at radius 1 is 1.00 bits per heavy atom. The fourth-order valence-electron chi connectivity index (χ4n) is 2.81.